The summed E-state index contributed by atoms with van der Waals surface area (Å²) in [6.45, 7) is 7.31. The van der Waals surface area contributed by atoms with Crippen molar-refractivity contribution >= 4 is 17.3 Å². The Morgan fingerprint density at radius 2 is 1.47 bits per heavy atom. The Balaban J connectivity index is 1.34. The van der Waals surface area contributed by atoms with Crippen molar-refractivity contribution in [1.29, 1.82) is 0 Å². The van der Waals surface area contributed by atoms with E-state index in [4.69, 9.17) is 9.47 Å². The molecule has 0 radical (unpaired) electrons. The van der Waals surface area contributed by atoms with Gasteiger partial charge in [-0.1, -0.05) is 36.4 Å². The Hall–Kier alpha value is -3.51. The molecule has 2 unspecified atom stereocenters. The van der Waals surface area contributed by atoms with Crippen LogP contribution in [0.25, 0.3) is 0 Å². The van der Waals surface area contributed by atoms with Crippen LogP contribution in [0.1, 0.15) is 35.2 Å². The predicted octanol–water partition coefficient (Wildman–Crippen LogP) is 5.05. The molecule has 36 heavy (non-hydrogen) atoms. The Morgan fingerprint density at radius 3 is 2.11 bits per heavy atom. The van der Waals surface area contributed by atoms with Gasteiger partial charge in [-0.25, -0.2) is 0 Å². The van der Waals surface area contributed by atoms with Crippen LogP contribution in [0.15, 0.2) is 72.8 Å². The van der Waals surface area contributed by atoms with Gasteiger partial charge in [0.05, 0.1) is 19.9 Å². The fourth-order valence-electron chi connectivity index (χ4n) is 5.65. The van der Waals surface area contributed by atoms with E-state index in [9.17, 15) is 4.79 Å². The van der Waals surface area contributed by atoms with Crippen molar-refractivity contribution in [2.75, 3.05) is 56.7 Å². The molecule has 6 heteroatoms. The lowest BCUT2D eigenvalue weighted by Gasteiger charge is -2.36. The molecule has 2 aliphatic rings. The van der Waals surface area contributed by atoms with Gasteiger partial charge in [-0.3, -0.25) is 9.69 Å². The molecule has 0 spiro atoms. The van der Waals surface area contributed by atoms with Gasteiger partial charge in [-0.2, -0.15) is 0 Å². The summed E-state index contributed by atoms with van der Waals surface area (Å²) in [6, 6.07) is 24.2. The number of para-hydroxylation sites is 1. The fraction of sp³-hybridized carbons (Fsp3) is 0.367. The number of anilines is 2. The van der Waals surface area contributed by atoms with E-state index in [2.05, 4.69) is 53.1 Å². The molecular weight excluding hydrogens is 450 g/mol. The molecule has 6 nitrogen and oxygen atoms in total. The standard InChI is InChI=1S/C30H35N3O3/c1-22-25(14-15-31-16-18-32(19-17-31)24-12-8-5-9-13-24)26-20-28(35-2)29(36-3)21-27(26)33(22)30(34)23-10-6-4-7-11-23/h4-13,20-22,25H,14-19H2,1-3H3. The molecule has 0 N–H and O–H groups in total. The first-order valence-electron chi connectivity index (χ1n) is 12.8. The van der Waals surface area contributed by atoms with Crippen molar-refractivity contribution in [3.63, 3.8) is 0 Å². The lowest BCUT2D eigenvalue weighted by molar-refractivity contribution is 0.0978. The first kappa shape index (κ1) is 24.2. The van der Waals surface area contributed by atoms with Gasteiger partial charge in [0, 0.05) is 55.5 Å². The number of amides is 1. The van der Waals surface area contributed by atoms with Gasteiger partial charge in [-0.05, 0) is 55.8 Å². The van der Waals surface area contributed by atoms with Crippen molar-refractivity contribution in [3.05, 3.63) is 83.9 Å². The maximum absolute atomic E-state index is 13.6. The largest absolute Gasteiger partial charge is 0.493 e. The van der Waals surface area contributed by atoms with Crippen LogP contribution < -0.4 is 19.3 Å². The highest BCUT2D eigenvalue weighted by molar-refractivity contribution is 6.08. The van der Waals surface area contributed by atoms with Crippen molar-refractivity contribution in [1.82, 2.24) is 4.90 Å². The first-order valence-corrected chi connectivity index (χ1v) is 12.8. The first-order chi connectivity index (χ1) is 17.6. The molecule has 2 heterocycles. The second-order valence-electron chi connectivity index (χ2n) is 9.61. The number of hydrogen-bond acceptors (Lipinski definition) is 5. The highest BCUT2D eigenvalue weighted by Crippen LogP contribution is 2.48. The highest BCUT2D eigenvalue weighted by atomic mass is 16.5. The van der Waals surface area contributed by atoms with Crippen molar-refractivity contribution in [2.45, 2.75) is 25.3 Å². The smallest absolute Gasteiger partial charge is 0.258 e. The van der Waals surface area contributed by atoms with E-state index in [0.717, 1.165) is 50.4 Å². The van der Waals surface area contributed by atoms with E-state index < -0.39 is 0 Å². The van der Waals surface area contributed by atoms with Crippen molar-refractivity contribution in [3.8, 4) is 11.5 Å². The average Bonchev–Trinajstić information content (AvgIpc) is 3.21. The quantitative estimate of drug-likeness (QED) is 0.469. The zero-order chi connectivity index (χ0) is 25.1. The number of methoxy groups -OCH3 is 2. The lowest BCUT2D eigenvalue weighted by Crippen LogP contribution is -2.47. The third-order valence-electron chi connectivity index (χ3n) is 7.67. The van der Waals surface area contributed by atoms with E-state index in [1.54, 1.807) is 14.2 Å². The summed E-state index contributed by atoms with van der Waals surface area (Å²) in [5.41, 5.74) is 4.08. The van der Waals surface area contributed by atoms with E-state index in [0.29, 0.717) is 17.1 Å². The topological polar surface area (TPSA) is 45.3 Å². The number of ether oxygens (including phenoxy) is 2. The summed E-state index contributed by atoms with van der Waals surface area (Å²) in [5.74, 6) is 1.60. The average molecular weight is 486 g/mol. The third kappa shape index (κ3) is 4.65. The zero-order valence-corrected chi connectivity index (χ0v) is 21.4. The molecule has 1 amide bonds. The Labute approximate surface area is 214 Å². The molecule has 3 aromatic carbocycles. The van der Waals surface area contributed by atoms with Crippen LogP contribution in [-0.2, 0) is 0 Å². The summed E-state index contributed by atoms with van der Waals surface area (Å²) in [7, 11) is 3.30. The SMILES string of the molecule is COc1cc2c(cc1OC)N(C(=O)c1ccccc1)C(C)C2CCN1CCN(c2ccccc2)CC1. The Morgan fingerprint density at radius 1 is 0.861 bits per heavy atom. The van der Waals surface area contributed by atoms with Gasteiger partial charge < -0.3 is 19.3 Å². The summed E-state index contributed by atoms with van der Waals surface area (Å²) >= 11 is 0. The molecule has 1 saturated heterocycles. The van der Waals surface area contributed by atoms with Crippen LogP contribution in [-0.4, -0.2) is 63.8 Å². The van der Waals surface area contributed by atoms with E-state index >= 15 is 0 Å². The van der Waals surface area contributed by atoms with Gasteiger partial charge >= 0.3 is 0 Å². The monoisotopic (exact) mass is 485 g/mol. The van der Waals surface area contributed by atoms with Crippen LogP contribution in [0.3, 0.4) is 0 Å². The van der Waals surface area contributed by atoms with Crippen molar-refractivity contribution in [2.24, 2.45) is 0 Å². The van der Waals surface area contributed by atoms with E-state index in [1.165, 1.54) is 5.69 Å². The molecule has 0 aliphatic carbocycles. The molecular formula is C30H35N3O3. The molecule has 0 bridgehead atoms. The minimum absolute atomic E-state index is 0.0237. The van der Waals surface area contributed by atoms with Gasteiger partial charge in [-0.15, -0.1) is 0 Å². The number of carbonyl (C=O) groups is 1. The van der Waals surface area contributed by atoms with Crippen LogP contribution >= 0.6 is 0 Å². The normalized spacial score (nSPS) is 19.8. The number of hydrogen-bond donors (Lipinski definition) is 0. The number of benzene rings is 3. The number of nitrogens with zero attached hydrogens (tertiary/aromatic N) is 3. The molecule has 3 aromatic rings. The maximum Gasteiger partial charge on any atom is 0.258 e. The minimum atomic E-state index is 0.0237. The highest BCUT2D eigenvalue weighted by Gasteiger charge is 2.40. The van der Waals surface area contributed by atoms with Crippen LogP contribution in [0.4, 0.5) is 11.4 Å². The summed E-state index contributed by atoms with van der Waals surface area (Å²) in [5, 5.41) is 0. The second kappa shape index (κ2) is 10.6. The summed E-state index contributed by atoms with van der Waals surface area (Å²) in [4.78, 5) is 20.6. The summed E-state index contributed by atoms with van der Waals surface area (Å²) in [6.07, 6.45) is 0.980. The number of carbonyl (C=O) groups excluding carboxylic acids is 1. The van der Waals surface area contributed by atoms with E-state index in [-0.39, 0.29) is 17.9 Å². The fourth-order valence-corrected chi connectivity index (χ4v) is 5.65. The van der Waals surface area contributed by atoms with Gasteiger partial charge in [0.2, 0.25) is 0 Å². The number of fused-ring (bicyclic) bond motifs is 1. The maximum atomic E-state index is 13.6. The molecule has 0 saturated carbocycles. The molecule has 2 aliphatic heterocycles. The predicted molar refractivity (Wildman–Crippen MR) is 145 cm³/mol. The molecule has 1 fully saturated rings. The van der Waals surface area contributed by atoms with Crippen LogP contribution in [0, 0.1) is 0 Å². The van der Waals surface area contributed by atoms with Crippen LogP contribution in [0.2, 0.25) is 0 Å². The van der Waals surface area contributed by atoms with E-state index in [1.807, 2.05) is 41.3 Å². The Kier molecular flexibility index (Phi) is 7.14. The van der Waals surface area contributed by atoms with Gasteiger partial charge in [0.1, 0.15) is 0 Å². The number of piperazine rings is 1. The molecule has 0 aromatic heterocycles. The second-order valence-corrected chi connectivity index (χ2v) is 9.61. The third-order valence-corrected chi connectivity index (χ3v) is 7.67. The van der Waals surface area contributed by atoms with Gasteiger partial charge in [0.25, 0.3) is 5.91 Å². The molecule has 188 valence electrons. The van der Waals surface area contributed by atoms with Crippen molar-refractivity contribution < 1.29 is 14.3 Å². The Bertz CT molecular complexity index is 1180. The lowest BCUT2D eigenvalue weighted by atomic mass is 9.92. The molecule has 2 atom stereocenters. The minimum Gasteiger partial charge on any atom is -0.493 e. The zero-order valence-electron chi connectivity index (χ0n) is 21.4. The summed E-state index contributed by atoms with van der Waals surface area (Å²) < 4.78 is 11.2. The van der Waals surface area contributed by atoms with Gasteiger partial charge in [0.15, 0.2) is 11.5 Å². The molecule has 5 rings (SSSR count). The number of rotatable bonds is 7. The van der Waals surface area contributed by atoms with Crippen LogP contribution in [0.5, 0.6) is 11.5 Å².